The highest BCUT2D eigenvalue weighted by molar-refractivity contribution is 5.33. The lowest BCUT2D eigenvalue weighted by atomic mass is 9.77. The molecule has 1 heterocycles. The fourth-order valence-corrected chi connectivity index (χ4v) is 3.99. The first-order valence-electron chi connectivity index (χ1n) is 8.81. The molecular weight excluding hydrogens is 258 g/mol. The Bertz CT molecular complexity index is 439. The van der Waals surface area contributed by atoms with Crippen molar-refractivity contribution in [2.75, 3.05) is 13.2 Å². The molecule has 0 radical (unpaired) electrons. The van der Waals surface area contributed by atoms with Crippen molar-refractivity contribution in [3.63, 3.8) is 0 Å². The summed E-state index contributed by atoms with van der Waals surface area (Å²) in [5.41, 5.74) is 3.11. The van der Waals surface area contributed by atoms with Crippen molar-refractivity contribution in [1.82, 2.24) is 5.32 Å². The average molecular weight is 287 g/mol. The monoisotopic (exact) mass is 287 g/mol. The predicted octanol–water partition coefficient (Wildman–Crippen LogP) is 4.25. The number of hydrogen-bond donors (Lipinski definition) is 1. The quantitative estimate of drug-likeness (QED) is 0.844. The first kappa shape index (κ1) is 15.1. The Labute approximate surface area is 129 Å². The molecule has 0 spiro atoms. The molecule has 0 amide bonds. The zero-order chi connectivity index (χ0) is 14.5. The third kappa shape index (κ3) is 3.67. The Hall–Kier alpha value is -0.860. The minimum atomic E-state index is 0.536. The van der Waals surface area contributed by atoms with Gasteiger partial charge >= 0.3 is 0 Å². The Morgan fingerprint density at radius 3 is 2.90 bits per heavy atom. The maximum atomic E-state index is 5.81. The van der Waals surface area contributed by atoms with Gasteiger partial charge in [-0.05, 0) is 68.5 Å². The molecule has 2 heteroatoms. The average Bonchev–Trinajstić information content (AvgIpc) is 3.04. The summed E-state index contributed by atoms with van der Waals surface area (Å²) in [5, 5.41) is 3.81. The molecule has 1 aliphatic heterocycles. The summed E-state index contributed by atoms with van der Waals surface area (Å²) in [6.45, 7) is 4.36. The SMILES string of the molecule is CCCNC1c2ccccc2CCC1CCC1CCCO1. The Morgan fingerprint density at radius 2 is 2.10 bits per heavy atom. The number of ether oxygens (including phenoxy) is 1. The molecule has 1 N–H and O–H groups in total. The molecular formula is C19H29NO. The molecule has 0 saturated carbocycles. The van der Waals surface area contributed by atoms with Crippen LogP contribution in [0, 0.1) is 5.92 Å². The van der Waals surface area contributed by atoms with Crippen LogP contribution in [0.25, 0.3) is 0 Å². The van der Waals surface area contributed by atoms with Gasteiger partial charge in [-0.25, -0.2) is 0 Å². The van der Waals surface area contributed by atoms with Gasteiger partial charge in [-0.2, -0.15) is 0 Å². The van der Waals surface area contributed by atoms with E-state index in [4.69, 9.17) is 4.74 Å². The van der Waals surface area contributed by atoms with Gasteiger partial charge in [0.15, 0.2) is 0 Å². The summed E-state index contributed by atoms with van der Waals surface area (Å²) in [5.74, 6) is 0.774. The van der Waals surface area contributed by atoms with E-state index in [1.54, 1.807) is 11.1 Å². The van der Waals surface area contributed by atoms with Crippen LogP contribution in [-0.4, -0.2) is 19.3 Å². The minimum Gasteiger partial charge on any atom is -0.378 e. The highest BCUT2D eigenvalue weighted by atomic mass is 16.5. The van der Waals surface area contributed by atoms with Gasteiger partial charge in [0, 0.05) is 12.6 Å². The van der Waals surface area contributed by atoms with E-state index >= 15 is 0 Å². The second-order valence-electron chi connectivity index (χ2n) is 6.64. The molecule has 1 aromatic rings. The summed E-state index contributed by atoms with van der Waals surface area (Å²) in [6.07, 6.45) is 9.40. The second-order valence-corrected chi connectivity index (χ2v) is 6.64. The van der Waals surface area contributed by atoms with Gasteiger partial charge in [-0.1, -0.05) is 31.2 Å². The minimum absolute atomic E-state index is 0.536. The number of hydrogen-bond acceptors (Lipinski definition) is 2. The molecule has 0 aromatic heterocycles. The van der Waals surface area contributed by atoms with Crippen LogP contribution < -0.4 is 5.32 Å². The Balaban J connectivity index is 1.66. The largest absolute Gasteiger partial charge is 0.378 e. The lowest BCUT2D eigenvalue weighted by Crippen LogP contribution is -2.33. The number of fused-ring (bicyclic) bond motifs is 1. The summed E-state index contributed by atoms with van der Waals surface area (Å²) in [6, 6.07) is 9.58. The molecule has 2 aliphatic rings. The van der Waals surface area contributed by atoms with Crippen LogP contribution in [0.4, 0.5) is 0 Å². The topological polar surface area (TPSA) is 21.3 Å². The standard InChI is InChI=1S/C19H29NO/c1-2-13-20-19-16(11-12-17-7-5-14-21-17)10-9-15-6-3-4-8-18(15)19/h3-4,6,8,16-17,19-20H,2,5,7,9-14H2,1H3. The van der Waals surface area contributed by atoms with Gasteiger partial charge in [0.25, 0.3) is 0 Å². The Morgan fingerprint density at radius 1 is 1.19 bits per heavy atom. The number of aryl methyl sites for hydroxylation is 1. The molecule has 3 unspecified atom stereocenters. The van der Waals surface area contributed by atoms with E-state index in [2.05, 4.69) is 36.5 Å². The fraction of sp³-hybridized carbons (Fsp3) is 0.684. The lowest BCUT2D eigenvalue weighted by molar-refractivity contribution is 0.0945. The van der Waals surface area contributed by atoms with E-state index in [-0.39, 0.29) is 0 Å². The van der Waals surface area contributed by atoms with Crippen LogP contribution >= 0.6 is 0 Å². The Kier molecular flexibility index (Phi) is 5.32. The number of rotatable bonds is 6. The molecule has 21 heavy (non-hydrogen) atoms. The first-order valence-corrected chi connectivity index (χ1v) is 8.81. The van der Waals surface area contributed by atoms with Gasteiger partial charge in [0.2, 0.25) is 0 Å². The molecule has 2 nitrogen and oxygen atoms in total. The smallest absolute Gasteiger partial charge is 0.0576 e. The predicted molar refractivity (Wildman–Crippen MR) is 87.5 cm³/mol. The third-order valence-electron chi connectivity index (χ3n) is 5.14. The van der Waals surface area contributed by atoms with Gasteiger partial charge in [-0.15, -0.1) is 0 Å². The van der Waals surface area contributed by atoms with Crippen LogP contribution in [0.15, 0.2) is 24.3 Å². The van der Waals surface area contributed by atoms with Gasteiger partial charge in [0.1, 0.15) is 0 Å². The van der Waals surface area contributed by atoms with Crippen molar-refractivity contribution < 1.29 is 4.74 Å². The molecule has 1 saturated heterocycles. The van der Waals surface area contributed by atoms with E-state index in [0.717, 1.165) is 19.1 Å². The van der Waals surface area contributed by atoms with E-state index in [0.29, 0.717) is 12.1 Å². The molecule has 3 atom stereocenters. The molecule has 3 rings (SSSR count). The van der Waals surface area contributed by atoms with Crippen LogP contribution in [-0.2, 0) is 11.2 Å². The second kappa shape index (κ2) is 7.42. The third-order valence-corrected chi connectivity index (χ3v) is 5.14. The molecule has 1 aromatic carbocycles. The number of benzene rings is 1. The van der Waals surface area contributed by atoms with E-state index < -0.39 is 0 Å². The zero-order valence-corrected chi connectivity index (χ0v) is 13.3. The van der Waals surface area contributed by atoms with Crippen molar-refractivity contribution in [3.8, 4) is 0 Å². The lowest BCUT2D eigenvalue weighted by Gasteiger charge is -2.35. The van der Waals surface area contributed by atoms with Crippen molar-refractivity contribution in [3.05, 3.63) is 35.4 Å². The van der Waals surface area contributed by atoms with E-state index in [1.807, 2.05) is 0 Å². The van der Waals surface area contributed by atoms with E-state index in [9.17, 15) is 0 Å². The van der Waals surface area contributed by atoms with E-state index in [1.165, 1.54) is 44.9 Å². The van der Waals surface area contributed by atoms with Gasteiger partial charge in [-0.3, -0.25) is 0 Å². The molecule has 116 valence electrons. The molecule has 0 bridgehead atoms. The maximum absolute atomic E-state index is 5.81. The van der Waals surface area contributed by atoms with Crippen molar-refractivity contribution in [1.29, 1.82) is 0 Å². The summed E-state index contributed by atoms with van der Waals surface area (Å²) >= 11 is 0. The van der Waals surface area contributed by atoms with Crippen LogP contribution in [0.1, 0.15) is 62.6 Å². The van der Waals surface area contributed by atoms with Crippen molar-refractivity contribution in [2.24, 2.45) is 5.92 Å². The highest BCUT2D eigenvalue weighted by Crippen LogP contribution is 2.37. The van der Waals surface area contributed by atoms with Crippen LogP contribution in [0.3, 0.4) is 0 Å². The van der Waals surface area contributed by atoms with Crippen LogP contribution in [0.2, 0.25) is 0 Å². The first-order chi connectivity index (χ1) is 10.4. The highest BCUT2D eigenvalue weighted by Gasteiger charge is 2.29. The van der Waals surface area contributed by atoms with Gasteiger partial charge in [0.05, 0.1) is 6.10 Å². The van der Waals surface area contributed by atoms with Crippen molar-refractivity contribution >= 4 is 0 Å². The summed E-state index contributed by atoms with van der Waals surface area (Å²) in [4.78, 5) is 0. The van der Waals surface area contributed by atoms with Crippen molar-refractivity contribution in [2.45, 2.75) is 64.0 Å². The van der Waals surface area contributed by atoms with Gasteiger partial charge < -0.3 is 10.1 Å². The number of nitrogens with one attached hydrogen (secondary N) is 1. The normalized spacial score (nSPS) is 28.5. The zero-order valence-electron chi connectivity index (χ0n) is 13.3. The molecule has 1 fully saturated rings. The molecule has 1 aliphatic carbocycles. The van der Waals surface area contributed by atoms with Crippen LogP contribution in [0.5, 0.6) is 0 Å². The summed E-state index contributed by atoms with van der Waals surface area (Å²) in [7, 11) is 0. The fourth-order valence-electron chi connectivity index (χ4n) is 3.99. The maximum Gasteiger partial charge on any atom is 0.0576 e. The summed E-state index contributed by atoms with van der Waals surface area (Å²) < 4.78 is 5.81.